The number of rotatable bonds is 4. The highest BCUT2D eigenvalue weighted by molar-refractivity contribution is 9.10. The fourth-order valence-corrected chi connectivity index (χ4v) is 2.09. The highest BCUT2D eigenvalue weighted by atomic mass is 79.9. The van der Waals surface area contributed by atoms with Crippen LogP contribution in [0.5, 0.6) is 5.75 Å². The fraction of sp³-hybridized carbons (Fsp3) is 0.200. The Balaban J connectivity index is 2.14. The highest BCUT2D eigenvalue weighted by Gasteiger charge is 2.09. The third-order valence-corrected chi connectivity index (χ3v) is 3.15. The van der Waals surface area contributed by atoms with Crippen molar-refractivity contribution >= 4 is 15.9 Å². The summed E-state index contributed by atoms with van der Waals surface area (Å²) in [5.41, 5.74) is 1.90. The van der Waals surface area contributed by atoms with Gasteiger partial charge >= 0.3 is 0 Å². The molecular formula is C15H15BrO2. The van der Waals surface area contributed by atoms with Crippen LogP contribution < -0.4 is 4.74 Å². The van der Waals surface area contributed by atoms with E-state index in [1.807, 2.05) is 48.5 Å². The van der Waals surface area contributed by atoms with E-state index in [0.717, 1.165) is 21.3 Å². The Morgan fingerprint density at radius 2 is 1.89 bits per heavy atom. The summed E-state index contributed by atoms with van der Waals surface area (Å²) in [7, 11) is 0. The van der Waals surface area contributed by atoms with Gasteiger partial charge in [-0.1, -0.05) is 46.3 Å². The second-order valence-electron chi connectivity index (χ2n) is 4.13. The number of hydrogen-bond donors (Lipinski definition) is 1. The monoisotopic (exact) mass is 306 g/mol. The average Bonchev–Trinajstić information content (AvgIpc) is 2.38. The molecule has 0 amide bonds. The van der Waals surface area contributed by atoms with Crippen molar-refractivity contribution in [3.05, 3.63) is 64.1 Å². The summed E-state index contributed by atoms with van der Waals surface area (Å²) in [6.07, 6.45) is -0.548. The van der Waals surface area contributed by atoms with Gasteiger partial charge in [0, 0.05) is 10.0 Å². The van der Waals surface area contributed by atoms with Crippen LogP contribution in [0.15, 0.2) is 53.0 Å². The van der Waals surface area contributed by atoms with Gasteiger partial charge in [-0.25, -0.2) is 0 Å². The second kappa shape index (κ2) is 6.03. The number of benzene rings is 2. The van der Waals surface area contributed by atoms with E-state index in [0.29, 0.717) is 6.61 Å². The summed E-state index contributed by atoms with van der Waals surface area (Å²) in [6, 6.07) is 15.6. The largest absolute Gasteiger partial charge is 0.489 e. The molecule has 0 saturated carbocycles. The Labute approximate surface area is 115 Å². The van der Waals surface area contributed by atoms with E-state index in [-0.39, 0.29) is 0 Å². The maximum absolute atomic E-state index is 9.73. The van der Waals surface area contributed by atoms with Crippen LogP contribution in [0.3, 0.4) is 0 Å². The van der Waals surface area contributed by atoms with Crippen LogP contribution in [-0.4, -0.2) is 5.11 Å². The summed E-state index contributed by atoms with van der Waals surface area (Å²) < 4.78 is 6.69. The minimum Gasteiger partial charge on any atom is -0.489 e. The van der Waals surface area contributed by atoms with Crippen molar-refractivity contribution in [1.29, 1.82) is 0 Å². The first kappa shape index (κ1) is 13.1. The van der Waals surface area contributed by atoms with E-state index in [1.165, 1.54) is 0 Å². The van der Waals surface area contributed by atoms with Crippen molar-refractivity contribution in [2.45, 2.75) is 19.6 Å². The third kappa shape index (κ3) is 3.34. The van der Waals surface area contributed by atoms with Gasteiger partial charge in [0.2, 0.25) is 0 Å². The summed E-state index contributed by atoms with van der Waals surface area (Å²) >= 11 is 3.39. The lowest BCUT2D eigenvalue weighted by Gasteiger charge is -2.14. The molecule has 0 spiro atoms. The zero-order chi connectivity index (χ0) is 13.0. The Hall–Kier alpha value is -1.32. The van der Waals surface area contributed by atoms with Crippen LogP contribution in [-0.2, 0) is 6.61 Å². The molecule has 2 aromatic rings. The topological polar surface area (TPSA) is 29.5 Å². The molecule has 0 aliphatic rings. The number of aliphatic hydroxyl groups is 1. The number of ether oxygens (including phenoxy) is 1. The second-order valence-corrected chi connectivity index (χ2v) is 5.05. The Morgan fingerprint density at radius 3 is 2.56 bits per heavy atom. The van der Waals surface area contributed by atoms with Crippen LogP contribution >= 0.6 is 15.9 Å². The van der Waals surface area contributed by atoms with Crippen molar-refractivity contribution in [2.24, 2.45) is 0 Å². The van der Waals surface area contributed by atoms with E-state index in [4.69, 9.17) is 4.74 Å². The molecular weight excluding hydrogens is 292 g/mol. The van der Waals surface area contributed by atoms with Crippen LogP contribution in [0.2, 0.25) is 0 Å². The lowest BCUT2D eigenvalue weighted by Crippen LogP contribution is -2.00. The SMILES string of the molecule is C[C@@H](O)c1cc(Br)ccc1OCc1ccccc1. The minimum absolute atomic E-state index is 0.502. The van der Waals surface area contributed by atoms with Gasteiger partial charge < -0.3 is 9.84 Å². The molecule has 0 unspecified atom stereocenters. The van der Waals surface area contributed by atoms with Gasteiger partial charge in [-0.15, -0.1) is 0 Å². The molecule has 1 atom stereocenters. The van der Waals surface area contributed by atoms with E-state index in [1.54, 1.807) is 6.92 Å². The van der Waals surface area contributed by atoms with Gasteiger partial charge in [-0.2, -0.15) is 0 Å². The predicted molar refractivity (Wildman–Crippen MR) is 75.5 cm³/mol. The number of hydrogen-bond acceptors (Lipinski definition) is 2. The molecule has 18 heavy (non-hydrogen) atoms. The molecule has 2 nitrogen and oxygen atoms in total. The molecule has 2 aromatic carbocycles. The summed E-state index contributed by atoms with van der Waals surface area (Å²) in [6.45, 7) is 2.24. The molecule has 1 N–H and O–H groups in total. The first-order valence-corrected chi connectivity index (χ1v) is 6.60. The van der Waals surface area contributed by atoms with Crippen LogP contribution in [0, 0.1) is 0 Å². The van der Waals surface area contributed by atoms with E-state index in [2.05, 4.69) is 15.9 Å². The molecule has 0 heterocycles. The van der Waals surface area contributed by atoms with Gasteiger partial charge in [0.05, 0.1) is 6.10 Å². The Bertz CT molecular complexity index is 509. The van der Waals surface area contributed by atoms with E-state index >= 15 is 0 Å². The van der Waals surface area contributed by atoms with Crippen molar-refractivity contribution in [3.63, 3.8) is 0 Å². The van der Waals surface area contributed by atoms with Gasteiger partial charge in [-0.3, -0.25) is 0 Å². The highest BCUT2D eigenvalue weighted by Crippen LogP contribution is 2.29. The normalized spacial score (nSPS) is 12.2. The molecule has 0 aliphatic carbocycles. The van der Waals surface area contributed by atoms with E-state index < -0.39 is 6.10 Å². The van der Waals surface area contributed by atoms with Crippen molar-refractivity contribution in [1.82, 2.24) is 0 Å². The Kier molecular flexibility index (Phi) is 4.39. The van der Waals surface area contributed by atoms with Gasteiger partial charge in [0.15, 0.2) is 0 Å². The molecule has 0 bridgehead atoms. The van der Waals surface area contributed by atoms with Crippen LogP contribution in [0.4, 0.5) is 0 Å². The molecule has 94 valence electrons. The minimum atomic E-state index is -0.548. The quantitative estimate of drug-likeness (QED) is 0.922. The number of aliphatic hydroxyl groups excluding tert-OH is 1. The smallest absolute Gasteiger partial charge is 0.125 e. The molecule has 0 aliphatic heterocycles. The van der Waals surface area contributed by atoms with Crippen molar-refractivity contribution in [2.75, 3.05) is 0 Å². The van der Waals surface area contributed by atoms with Gasteiger partial charge in [0.1, 0.15) is 12.4 Å². The third-order valence-electron chi connectivity index (χ3n) is 2.66. The van der Waals surface area contributed by atoms with Crippen molar-refractivity contribution < 1.29 is 9.84 Å². The molecule has 0 fully saturated rings. The molecule has 0 saturated heterocycles. The first-order chi connectivity index (χ1) is 8.66. The zero-order valence-electron chi connectivity index (χ0n) is 10.1. The van der Waals surface area contributed by atoms with Crippen molar-refractivity contribution in [3.8, 4) is 5.75 Å². The maximum Gasteiger partial charge on any atom is 0.125 e. The Morgan fingerprint density at radius 1 is 1.17 bits per heavy atom. The average molecular weight is 307 g/mol. The first-order valence-electron chi connectivity index (χ1n) is 5.81. The fourth-order valence-electron chi connectivity index (χ4n) is 1.71. The predicted octanol–water partition coefficient (Wildman–Crippen LogP) is 4.08. The summed E-state index contributed by atoms with van der Waals surface area (Å²) in [4.78, 5) is 0. The maximum atomic E-state index is 9.73. The van der Waals surface area contributed by atoms with Gasteiger partial charge in [-0.05, 0) is 30.7 Å². The summed E-state index contributed by atoms with van der Waals surface area (Å²) in [5, 5.41) is 9.73. The molecule has 0 aromatic heterocycles. The molecule has 0 radical (unpaired) electrons. The van der Waals surface area contributed by atoms with Crippen LogP contribution in [0.25, 0.3) is 0 Å². The lowest BCUT2D eigenvalue weighted by molar-refractivity contribution is 0.190. The summed E-state index contributed by atoms with van der Waals surface area (Å²) in [5.74, 6) is 0.719. The lowest BCUT2D eigenvalue weighted by atomic mass is 10.1. The van der Waals surface area contributed by atoms with Gasteiger partial charge in [0.25, 0.3) is 0 Å². The molecule has 2 rings (SSSR count). The molecule has 3 heteroatoms. The standard InChI is InChI=1S/C15H15BrO2/c1-11(17)14-9-13(16)7-8-15(14)18-10-12-5-3-2-4-6-12/h2-9,11,17H,10H2,1H3/t11-/m1/s1. The zero-order valence-corrected chi connectivity index (χ0v) is 11.7. The number of halogens is 1. The van der Waals surface area contributed by atoms with Crippen LogP contribution in [0.1, 0.15) is 24.2 Å². The van der Waals surface area contributed by atoms with E-state index in [9.17, 15) is 5.11 Å².